The van der Waals surface area contributed by atoms with E-state index in [0.717, 1.165) is 13.1 Å². The van der Waals surface area contributed by atoms with Crippen molar-refractivity contribution < 1.29 is 42.1 Å². The monoisotopic (exact) mass is 418 g/mol. The predicted molar refractivity (Wildman–Crippen MR) is 112 cm³/mol. The van der Waals surface area contributed by atoms with E-state index in [2.05, 4.69) is 28.2 Å². The van der Waals surface area contributed by atoms with Crippen LogP contribution in [0.2, 0.25) is 0 Å². The summed E-state index contributed by atoms with van der Waals surface area (Å²) in [5.41, 5.74) is 0. The zero-order chi connectivity index (χ0) is 21.2. The summed E-state index contributed by atoms with van der Waals surface area (Å²) in [4.78, 5) is 0. The first-order chi connectivity index (χ1) is 12.0. The fourth-order valence-corrected chi connectivity index (χ4v) is 0.458. The van der Waals surface area contributed by atoms with Gasteiger partial charge in [0, 0.05) is 26.4 Å². The van der Waals surface area contributed by atoms with Gasteiger partial charge in [0.05, 0.1) is 0 Å². The van der Waals surface area contributed by atoms with Crippen LogP contribution < -0.4 is 5.32 Å². The molecule has 0 spiro atoms. The second-order valence-corrected chi connectivity index (χ2v) is 3.81. The third kappa shape index (κ3) is 244. The maximum Gasteiger partial charge on any atom is 4.00 e. The Morgan fingerprint density at radius 2 is 0.962 bits per heavy atom. The zero-order valence-corrected chi connectivity index (χ0v) is 19.8. The molecule has 0 bridgehead atoms. The fourth-order valence-electron chi connectivity index (χ4n) is 0.458. The molecular weight excluding hydrogens is 372 g/mol. The molecule has 0 aliphatic rings. The molecule has 0 rings (SSSR count). The molecular formula is C17H46N4O4Ti. The largest absolute Gasteiger partial charge is 4.00 e. The summed E-state index contributed by atoms with van der Waals surface area (Å²) in [5.74, 6) is 0. The Labute approximate surface area is 178 Å². The van der Waals surface area contributed by atoms with Crippen molar-refractivity contribution in [2.75, 3.05) is 80.8 Å². The van der Waals surface area contributed by atoms with E-state index in [1.807, 2.05) is 27.9 Å². The smallest absolute Gasteiger partial charge is 0.668 e. The maximum atomic E-state index is 8.10. The fraction of sp³-hybridized carbons (Fsp3) is 0.941. The van der Waals surface area contributed by atoms with E-state index >= 15 is 0 Å². The zero-order valence-electron chi connectivity index (χ0n) is 18.2. The van der Waals surface area contributed by atoms with Crippen LogP contribution in [0.15, 0.2) is 0 Å². The average Bonchev–Trinajstić information content (AvgIpc) is 2.61. The van der Waals surface area contributed by atoms with E-state index in [1.54, 1.807) is 21.0 Å². The van der Waals surface area contributed by atoms with Gasteiger partial charge in [0.1, 0.15) is 0 Å². The van der Waals surface area contributed by atoms with Gasteiger partial charge in [0.15, 0.2) is 0 Å². The molecule has 162 valence electrons. The van der Waals surface area contributed by atoms with Crippen molar-refractivity contribution in [3.8, 4) is 0 Å². The van der Waals surface area contributed by atoms with Gasteiger partial charge in [-0.3, -0.25) is 0 Å². The minimum absolute atomic E-state index is 0. The molecule has 26 heavy (non-hydrogen) atoms. The van der Waals surface area contributed by atoms with Crippen LogP contribution in [0.4, 0.5) is 0 Å². The third-order valence-electron chi connectivity index (χ3n) is 1.12. The second kappa shape index (κ2) is 84.2. The van der Waals surface area contributed by atoms with Crippen LogP contribution in [0, 0.1) is 6.92 Å². The minimum atomic E-state index is 0. The minimum Gasteiger partial charge on any atom is -0.668 e. The molecule has 9 heteroatoms. The quantitative estimate of drug-likeness (QED) is 0.242. The third-order valence-corrected chi connectivity index (χ3v) is 1.12. The van der Waals surface area contributed by atoms with E-state index in [4.69, 9.17) is 20.4 Å². The summed E-state index contributed by atoms with van der Waals surface area (Å²) in [6.07, 6.45) is 0.625. The SMILES string of the molecule is CCO.CC[N-]CCO.CC[N-]CCO.CNC.C[N-]C.[CH2-]CCO.[Ti+4]. The van der Waals surface area contributed by atoms with Crippen molar-refractivity contribution >= 4 is 0 Å². The molecule has 0 heterocycles. The van der Waals surface area contributed by atoms with Crippen LogP contribution in [0.1, 0.15) is 27.2 Å². The molecule has 0 unspecified atom stereocenters. The number of aliphatic hydroxyl groups is 4. The van der Waals surface area contributed by atoms with Crippen molar-refractivity contribution in [2.24, 2.45) is 0 Å². The number of nitrogens with one attached hydrogen (secondary N) is 1. The molecule has 5 N–H and O–H groups in total. The summed E-state index contributed by atoms with van der Waals surface area (Å²) in [7, 11) is 7.25. The van der Waals surface area contributed by atoms with Crippen LogP contribution >= 0.6 is 0 Å². The number of likely N-dealkylation sites (N-methyl/N-ethyl adjacent to an activating group) is 2. The first kappa shape index (κ1) is 45.3. The topological polar surface area (TPSA) is 135 Å². The van der Waals surface area contributed by atoms with Gasteiger partial charge >= 0.3 is 21.7 Å². The second-order valence-electron chi connectivity index (χ2n) is 3.81. The van der Waals surface area contributed by atoms with Gasteiger partial charge in [-0.25, -0.2) is 0 Å². The first-order valence-corrected chi connectivity index (χ1v) is 8.55. The molecule has 0 aliphatic carbocycles. The van der Waals surface area contributed by atoms with Gasteiger partial charge in [-0.1, -0.05) is 13.8 Å². The maximum absolute atomic E-state index is 8.10. The summed E-state index contributed by atoms with van der Waals surface area (Å²) in [6.45, 7) is 12.6. The van der Waals surface area contributed by atoms with E-state index in [-0.39, 0.29) is 48.1 Å². The molecule has 0 saturated heterocycles. The molecule has 0 aliphatic heterocycles. The van der Waals surface area contributed by atoms with Gasteiger partial charge in [0.2, 0.25) is 0 Å². The van der Waals surface area contributed by atoms with Crippen LogP contribution in [0.25, 0.3) is 16.0 Å². The van der Waals surface area contributed by atoms with E-state index in [0.29, 0.717) is 19.5 Å². The Bertz CT molecular complexity index is 110. The Hall–Kier alpha value is 0.394. The summed E-state index contributed by atoms with van der Waals surface area (Å²) in [5, 5.41) is 45.5. The Balaban J connectivity index is -0.0000000341. The number of hydrogen-bond acceptors (Lipinski definition) is 5. The van der Waals surface area contributed by atoms with Gasteiger partial charge in [-0.15, -0.1) is 13.1 Å². The molecule has 0 amide bonds. The molecule has 0 aromatic heterocycles. The Morgan fingerprint density at radius 1 is 0.769 bits per heavy atom. The molecule has 0 fully saturated rings. The number of hydrogen-bond donors (Lipinski definition) is 5. The molecule has 0 atom stereocenters. The summed E-state index contributed by atoms with van der Waals surface area (Å²) >= 11 is 0. The predicted octanol–water partition coefficient (Wildman–Crippen LogP) is 1.40. The van der Waals surface area contributed by atoms with Gasteiger partial charge in [-0.05, 0) is 21.0 Å². The molecule has 0 aromatic rings. The summed E-state index contributed by atoms with van der Waals surface area (Å²) in [6, 6.07) is 0. The number of aliphatic hydroxyl groups excluding tert-OH is 4. The molecule has 8 nitrogen and oxygen atoms in total. The molecule has 0 aromatic carbocycles. The normalized spacial score (nSPS) is 7.38. The van der Waals surface area contributed by atoms with Crippen molar-refractivity contribution in [1.29, 1.82) is 0 Å². The van der Waals surface area contributed by atoms with Crippen LogP contribution in [0.3, 0.4) is 0 Å². The summed E-state index contributed by atoms with van der Waals surface area (Å²) < 4.78 is 0. The average molecular weight is 418 g/mol. The van der Waals surface area contributed by atoms with Gasteiger partial charge in [0.25, 0.3) is 0 Å². The van der Waals surface area contributed by atoms with E-state index in [9.17, 15) is 0 Å². The van der Waals surface area contributed by atoms with Crippen molar-refractivity contribution in [1.82, 2.24) is 5.32 Å². The van der Waals surface area contributed by atoms with Crippen molar-refractivity contribution in [2.45, 2.75) is 27.2 Å². The van der Waals surface area contributed by atoms with E-state index < -0.39 is 0 Å². The van der Waals surface area contributed by atoms with E-state index in [1.165, 1.54) is 0 Å². The van der Waals surface area contributed by atoms with Crippen molar-refractivity contribution in [3.63, 3.8) is 0 Å². The Kier molecular flexibility index (Phi) is 147. The van der Waals surface area contributed by atoms with Crippen LogP contribution in [0.5, 0.6) is 0 Å². The standard InChI is InChI=1S/2C4H10NO.C3H7O.C2H7N.C2H6N.C2H6O.Ti/c2*1-2-5-3-4-6;1-2-3-4;2*1-3-2;1-2-3;/h2*6H,2-4H2,1H3;4H,1-3H2;3H,1-2H3;1-2H3;3H,2H2,1H3;/q3*-1;;-1;;+4. The first-order valence-electron chi connectivity index (χ1n) is 8.55. The van der Waals surface area contributed by atoms with Gasteiger partial charge < -0.3 is 48.6 Å². The van der Waals surface area contributed by atoms with Crippen LogP contribution in [-0.4, -0.2) is 101 Å². The van der Waals surface area contributed by atoms with Crippen molar-refractivity contribution in [3.05, 3.63) is 22.9 Å². The van der Waals surface area contributed by atoms with Crippen LogP contribution in [-0.2, 0) is 21.7 Å². The number of rotatable bonds is 7. The number of nitrogens with zero attached hydrogens (tertiary/aromatic N) is 3. The Morgan fingerprint density at radius 3 is 1.00 bits per heavy atom. The van der Waals surface area contributed by atoms with Gasteiger partial charge in [-0.2, -0.15) is 33.6 Å². The molecule has 0 radical (unpaired) electrons. The molecule has 0 saturated carbocycles.